The first-order chi connectivity index (χ1) is 29.8. The average molecular weight is 766 g/mol. The Hall–Kier alpha value is -7.75. The van der Waals surface area contributed by atoms with E-state index in [0.717, 1.165) is 39.5 Å². The van der Waals surface area contributed by atoms with Gasteiger partial charge in [0, 0.05) is 22.4 Å². The molecule has 0 aromatic heterocycles. The Morgan fingerprint density at radius 2 is 1.02 bits per heavy atom. The van der Waals surface area contributed by atoms with Crippen molar-refractivity contribution in [1.82, 2.24) is 5.32 Å². The molecule has 2 heterocycles. The van der Waals surface area contributed by atoms with E-state index < -0.39 is 5.41 Å². The van der Waals surface area contributed by atoms with Crippen molar-refractivity contribution in [2.24, 2.45) is 4.99 Å². The third-order valence-electron chi connectivity index (χ3n) is 12.7. The number of rotatable bonds is 5. The summed E-state index contributed by atoms with van der Waals surface area (Å²) in [4.78, 5) is 7.78. The molecule has 2 aliphatic carbocycles. The summed E-state index contributed by atoms with van der Waals surface area (Å²) in [5.74, 6) is 0.875. The Morgan fingerprint density at radius 3 is 1.78 bits per heavy atom. The molecular weight excluding hydrogens is 727 g/mol. The van der Waals surface area contributed by atoms with Gasteiger partial charge in [0.05, 0.1) is 28.5 Å². The lowest BCUT2D eigenvalue weighted by atomic mass is 9.64. The van der Waals surface area contributed by atoms with Gasteiger partial charge in [-0.05, 0) is 92.0 Å². The van der Waals surface area contributed by atoms with Crippen LogP contribution in [0.4, 0.5) is 17.1 Å². The minimum atomic E-state index is -0.513. The summed E-state index contributed by atoms with van der Waals surface area (Å²) >= 11 is 0. The standard InChI is InChI=1S/C57H39N3/c1-3-18-38(19-4-1)55-47-27-10-14-31-52(47)58-56(59-55)46-26-8-7-24-43(46)41-21-17-20-39(36-41)40-34-35-45-44-25-9-11-28-48(44)57(51(45)37-40)49-29-12-15-32-53(49)60(42-22-5-2-6-23-42)54-33-16-13-30-50(54)57/h1-37,52H,(H,58,59). The maximum Gasteiger partial charge on any atom is 0.135 e. The zero-order chi connectivity index (χ0) is 39.6. The molecule has 0 radical (unpaired) electrons. The molecule has 0 saturated carbocycles. The lowest BCUT2D eigenvalue weighted by molar-refractivity contribution is 0.753. The highest BCUT2D eigenvalue weighted by molar-refractivity contribution is 6.09. The number of nitrogens with zero attached hydrogens (tertiary/aromatic N) is 2. The van der Waals surface area contributed by atoms with E-state index in [1.54, 1.807) is 0 Å². The zero-order valence-electron chi connectivity index (χ0n) is 32.8. The Bertz CT molecular complexity index is 3080. The molecule has 1 spiro atoms. The van der Waals surface area contributed by atoms with E-state index in [4.69, 9.17) is 4.99 Å². The molecule has 0 fully saturated rings. The minimum absolute atomic E-state index is 0.0368. The SMILES string of the molecule is C1=CC2=C(c3ccccc3)N=C(c3ccccc3-c3cccc(-c4ccc5c(c4)C4(c6ccccc6-5)c5ccccc5N(c5ccccc5)c5ccccc54)c3)NC2C=C1. The third kappa shape index (κ3) is 5.12. The topological polar surface area (TPSA) is 27.6 Å². The molecule has 0 bridgehead atoms. The number of allylic oxidation sites excluding steroid dienone is 2. The number of fused-ring (bicyclic) bond motifs is 10. The fourth-order valence-electron chi connectivity index (χ4n) is 10.2. The second-order valence-electron chi connectivity index (χ2n) is 15.9. The molecule has 1 N–H and O–H groups in total. The number of benzene rings is 8. The molecule has 8 aromatic rings. The first-order valence-corrected chi connectivity index (χ1v) is 20.8. The van der Waals surface area contributed by atoms with Gasteiger partial charge in [0.1, 0.15) is 5.84 Å². The fraction of sp³-hybridized carbons (Fsp3) is 0.0351. The molecule has 60 heavy (non-hydrogen) atoms. The van der Waals surface area contributed by atoms with E-state index in [-0.39, 0.29) is 6.04 Å². The minimum Gasteiger partial charge on any atom is -0.359 e. The van der Waals surface area contributed by atoms with Crippen molar-refractivity contribution in [3.63, 3.8) is 0 Å². The zero-order valence-corrected chi connectivity index (χ0v) is 32.8. The summed E-state index contributed by atoms with van der Waals surface area (Å²) < 4.78 is 0. The van der Waals surface area contributed by atoms with Gasteiger partial charge in [0.15, 0.2) is 0 Å². The van der Waals surface area contributed by atoms with E-state index in [2.05, 4.69) is 235 Å². The third-order valence-corrected chi connectivity index (χ3v) is 12.7. The second-order valence-corrected chi connectivity index (χ2v) is 15.9. The highest BCUT2D eigenvalue weighted by Crippen LogP contribution is 2.63. The normalized spacial score (nSPS) is 16.3. The van der Waals surface area contributed by atoms with E-state index in [1.165, 1.54) is 61.5 Å². The quantitative estimate of drug-likeness (QED) is 0.189. The number of anilines is 3. The summed E-state index contributed by atoms with van der Waals surface area (Å²) in [5, 5.41) is 3.78. The van der Waals surface area contributed by atoms with Crippen LogP contribution in [-0.4, -0.2) is 11.9 Å². The first kappa shape index (κ1) is 34.3. The first-order valence-electron chi connectivity index (χ1n) is 20.8. The van der Waals surface area contributed by atoms with Crippen LogP contribution in [0.1, 0.15) is 33.4 Å². The van der Waals surface area contributed by atoms with Crippen LogP contribution in [0, 0.1) is 0 Å². The second kappa shape index (κ2) is 13.7. The van der Waals surface area contributed by atoms with E-state index >= 15 is 0 Å². The van der Waals surface area contributed by atoms with Crippen LogP contribution < -0.4 is 10.2 Å². The summed E-state index contributed by atoms with van der Waals surface area (Å²) in [6, 6.07) is 73.2. The van der Waals surface area contributed by atoms with Crippen LogP contribution >= 0.6 is 0 Å². The molecule has 12 rings (SSSR count). The smallest absolute Gasteiger partial charge is 0.135 e. The van der Waals surface area contributed by atoms with Gasteiger partial charge in [-0.3, -0.25) is 0 Å². The van der Waals surface area contributed by atoms with Crippen molar-refractivity contribution in [2.75, 3.05) is 4.90 Å². The van der Waals surface area contributed by atoms with Gasteiger partial charge in [-0.2, -0.15) is 0 Å². The van der Waals surface area contributed by atoms with Gasteiger partial charge >= 0.3 is 0 Å². The predicted octanol–water partition coefficient (Wildman–Crippen LogP) is 13.4. The summed E-state index contributed by atoms with van der Waals surface area (Å²) in [5.41, 5.74) is 19.8. The fourth-order valence-corrected chi connectivity index (χ4v) is 10.2. The molecule has 282 valence electrons. The number of hydrogen-bond acceptors (Lipinski definition) is 3. The predicted molar refractivity (Wildman–Crippen MR) is 248 cm³/mol. The Labute approximate surface area is 350 Å². The van der Waals surface area contributed by atoms with Crippen molar-refractivity contribution >= 4 is 28.6 Å². The lowest BCUT2D eigenvalue weighted by Crippen LogP contribution is -2.39. The molecule has 2 aliphatic heterocycles. The summed E-state index contributed by atoms with van der Waals surface area (Å²) in [6.07, 6.45) is 8.61. The molecule has 1 unspecified atom stereocenters. The van der Waals surface area contributed by atoms with Crippen molar-refractivity contribution in [1.29, 1.82) is 0 Å². The molecule has 0 saturated heterocycles. The van der Waals surface area contributed by atoms with Crippen LogP contribution in [0.25, 0.3) is 39.1 Å². The Balaban J connectivity index is 1.01. The highest BCUT2D eigenvalue weighted by Gasteiger charge is 2.51. The molecule has 0 amide bonds. The van der Waals surface area contributed by atoms with Gasteiger partial charge in [-0.15, -0.1) is 0 Å². The summed E-state index contributed by atoms with van der Waals surface area (Å²) in [6.45, 7) is 0. The van der Waals surface area contributed by atoms with Crippen molar-refractivity contribution in [2.45, 2.75) is 11.5 Å². The average Bonchev–Trinajstić information content (AvgIpc) is 3.62. The Morgan fingerprint density at radius 1 is 0.433 bits per heavy atom. The monoisotopic (exact) mass is 765 g/mol. The van der Waals surface area contributed by atoms with Gasteiger partial charge in [-0.25, -0.2) is 4.99 Å². The van der Waals surface area contributed by atoms with Crippen molar-refractivity contribution in [3.8, 4) is 33.4 Å². The van der Waals surface area contributed by atoms with Crippen LogP contribution in [0.2, 0.25) is 0 Å². The number of aliphatic imine (C=N–C) groups is 1. The lowest BCUT2D eigenvalue weighted by Gasteiger charge is -2.45. The Kier molecular flexibility index (Phi) is 7.82. The number of amidine groups is 1. The molecule has 8 aromatic carbocycles. The molecule has 1 atom stereocenters. The van der Waals surface area contributed by atoms with Gasteiger partial charge in [0.25, 0.3) is 0 Å². The van der Waals surface area contributed by atoms with E-state index in [1.807, 2.05) is 0 Å². The van der Waals surface area contributed by atoms with Crippen LogP contribution in [0.15, 0.2) is 235 Å². The van der Waals surface area contributed by atoms with Gasteiger partial charge < -0.3 is 10.2 Å². The maximum absolute atomic E-state index is 5.34. The van der Waals surface area contributed by atoms with E-state index in [9.17, 15) is 0 Å². The molecule has 4 aliphatic rings. The maximum atomic E-state index is 5.34. The van der Waals surface area contributed by atoms with Crippen LogP contribution in [0.5, 0.6) is 0 Å². The summed E-state index contributed by atoms with van der Waals surface area (Å²) in [7, 11) is 0. The molecular formula is C57H39N3. The van der Waals surface area contributed by atoms with Crippen molar-refractivity contribution in [3.05, 3.63) is 263 Å². The number of para-hydroxylation sites is 3. The van der Waals surface area contributed by atoms with Gasteiger partial charge in [-0.1, -0.05) is 188 Å². The number of nitrogens with one attached hydrogen (secondary N) is 1. The number of hydrogen-bond donors (Lipinski definition) is 1. The van der Waals surface area contributed by atoms with Crippen molar-refractivity contribution < 1.29 is 0 Å². The molecule has 3 heteroatoms. The van der Waals surface area contributed by atoms with Crippen LogP contribution in [0.3, 0.4) is 0 Å². The highest BCUT2D eigenvalue weighted by atomic mass is 15.2. The largest absolute Gasteiger partial charge is 0.359 e. The van der Waals surface area contributed by atoms with Gasteiger partial charge in [0.2, 0.25) is 0 Å². The molecule has 3 nitrogen and oxygen atoms in total. The van der Waals surface area contributed by atoms with E-state index in [0.29, 0.717) is 0 Å². The van der Waals surface area contributed by atoms with Crippen LogP contribution in [-0.2, 0) is 5.41 Å².